The highest BCUT2D eigenvalue weighted by Gasteiger charge is 2.22. The van der Waals surface area contributed by atoms with Crippen LogP contribution in [-0.2, 0) is 0 Å². The second-order valence-corrected chi connectivity index (χ2v) is 3.30. The number of halogens is 1. The molecule has 0 saturated carbocycles. The third-order valence-corrected chi connectivity index (χ3v) is 2.28. The van der Waals surface area contributed by atoms with Crippen molar-refractivity contribution in [2.45, 2.75) is 0 Å². The van der Waals surface area contributed by atoms with E-state index < -0.39 is 13.1 Å². The molecule has 0 spiro atoms. The molecule has 2 N–H and O–H groups in total. The minimum Gasteiger partial charge on any atom is -0.423 e. The van der Waals surface area contributed by atoms with Crippen LogP contribution in [0.4, 0.5) is 4.39 Å². The standard InChI is InChI=1S/C11H9BFNO2/c13-11-10(12(15)16)9(6-7-14-11)8-4-2-1-3-5-8/h1-7,15-16H. The van der Waals surface area contributed by atoms with Crippen molar-refractivity contribution in [1.29, 1.82) is 0 Å². The first kappa shape index (κ1) is 10.8. The molecule has 0 radical (unpaired) electrons. The van der Waals surface area contributed by atoms with Gasteiger partial charge >= 0.3 is 7.12 Å². The number of benzene rings is 1. The topological polar surface area (TPSA) is 53.4 Å². The summed E-state index contributed by atoms with van der Waals surface area (Å²) >= 11 is 0. The van der Waals surface area contributed by atoms with E-state index in [0.717, 1.165) is 0 Å². The Kier molecular flexibility index (Phi) is 2.98. The minimum absolute atomic E-state index is 0.200. The van der Waals surface area contributed by atoms with E-state index in [1.54, 1.807) is 30.3 Å². The van der Waals surface area contributed by atoms with Crippen LogP contribution in [0, 0.1) is 5.95 Å². The Morgan fingerprint density at radius 1 is 1.06 bits per heavy atom. The lowest BCUT2D eigenvalue weighted by Crippen LogP contribution is -2.35. The summed E-state index contributed by atoms with van der Waals surface area (Å²) in [4.78, 5) is 3.40. The van der Waals surface area contributed by atoms with Crippen molar-refractivity contribution in [2.24, 2.45) is 0 Å². The van der Waals surface area contributed by atoms with Gasteiger partial charge in [-0.05, 0) is 17.2 Å². The van der Waals surface area contributed by atoms with Gasteiger partial charge < -0.3 is 10.0 Å². The van der Waals surface area contributed by atoms with Crippen molar-refractivity contribution in [3.8, 4) is 11.1 Å². The van der Waals surface area contributed by atoms with Gasteiger partial charge in [0.05, 0.1) is 0 Å². The Hall–Kier alpha value is -1.72. The molecule has 1 heterocycles. The van der Waals surface area contributed by atoms with Crippen LogP contribution in [0.5, 0.6) is 0 Å². The zero-order valence-corrected chi connectivity index (χ0v) is 8.34. The molecule has 0 fully saturated rings. The molecular weight excluding hydrogens is 208 g/mol. The van der Waals surface area contributed by atoms with Crippen molar-refractivity contribution in [3.05, 3.63) is 48.5 Å². The summed E-state index contributed by atoms with van der Waals surface area (Å²) in [7, 11) is -1.87. The molecule has 0 unspecified atom stereocenters. The largest absolute Gasteiger partial charge is 0.493 e. The molecule has 0 atom stereocenters. The fourth-order valence-electron chi connectivity index (χ4n) is 1.56. The summed E-state index contributed by atoms with van der Waals surface area (Å²) < 4.78 is 13.4. The van der Waals surface area contributed by atoms with E-state index in [2.05, 4.69) is 4.98 Å². The predicted octanol–water partition coefficient (Wildman–Crippen LogP) is 0.567. The molecule has 5 heteroatoms. The Morgan fingerprint density at radius 2 is 1.75 bits per heavy atom. The zero-order valence-electron chi connectivity index (χ0n) is 8.34. The SMILES string of the molecule is OB(O)c1c(-c2ccccc2)ccnc1F. The van der Waals surface area contributed by atoms with E-state index in [1.165, 1.54) is 6.20 Å². The molecule has 0 aliphatic heterocycles. The normalized spacial score (nSPS) is 10.2. The molecule has 80 valence electrons. The first-order valence-corrected chi connectivity index (χ1v) is 4.76. The number of hydrogen-bond donors (Lipinski definition) is 2. The molecule has 16 heavy (non-hydrogen) atoms. The van der Waals surface area contributed by atoms with Crippen molar-refractivity contribution in [1.82, 2.24) is 4.98 Å². The van der Waals surface area contributed by atoms with Crippen molar-refractivity contribution >= 4 is 12.6 Å². The van der Waals surface area contributed by atoms with Crippen molar-refractivity contribution in [2.75, 3.05) is 0 Å². The van der Waals surface area contributed by atoms with Gasteiger partial charge in [0, 0.05) is 11.7 Å². The highest BCUT2D eigenvalue weighted by atomic mass is 19.1. The summed E-state index contributed by atoms with van der Waals surface area (Å²) in [6, 6.07) is 10.5. The van der Waals surface area contributed by atoms with Crippen LogP contribution in [0.25, 0.3) is 11.1 Å². The summed E-state index contributed by atoms with van der Waals surface area (Å²) in [6.45, 7) is 0. The molecule has 0 bridgehead atoms. The summed E-state index contributed by atoms with van der Waals surface area (Å²) in [5.41, 5.74) is 0.948. The molecule has 0 aliphatic carbocycles. The van der Waals surface area contributed by atoms with Gasteiger partial charge in [0.2, 0.25) is 5.95 Å². The second-order valence-electron chi connectivity index (χ2n) is 3.30. The van der Waals surface area contributed by atoms with Crippen LogP contribution in [-0.4, -0.2) is 22.2 Å². The van der Waals surface area contributed by atoms with Gasteiger partial charge in [0.1, 0.15) is 0 Å². The summed E-state index contributed by atoms with van der Waals surface area (Å²) in [6.07, 6.45) is 1.30. The third kappa shape index (κ3) is 1.96. The number of nitrogens with zero attached hydrogens (tertiary/aromatic N) is 1. The first-order valence-electron chi connectivity index (χ1n) is 4.76. The third-order valence-electron chi connectivity index (χ3n) is 2.28. The van der Waals surface area contributed by atoms with Crippen LogP contribution in [0.1, 0.15) is 0 Å². The quantitative estimate of drug-likeness (QED) is 0.571. The number of aromatic nitrogens is 1. The minimum atomic E-state index is -1.87. The molecule has 2 rings (SSSR count). The van der Waals surface area contributed by atoms with Crippen LogP contribution < -0.4 is 5.46 Å². The van der Waals surface area contributed by atoms with E-state index in [4.69, 9.17) is 10.0 Å². The van der Waals surface area contributed by atoms with Crippen LogP contribution in [0.3, 0.4) is 0 Å². The fraction of sp³-hybridized carbons (Fsp3) is 0. The van der Waals surface area contributed by atoms with E-state index in [1.807, 2.05) is 6.07 Å². The second kappa shape index (κ2) is 4.43. The van der Waals surface area contributed by atoms with Crippen LogP contribution >= 0.6 is 0 Å². The van der Waals surface area contributed by atoms with Gasteiger partial charge in [-0.2, -0.15) is 4.39 Å². The maximum absolute atomic E-state index is 13.4. The van der Waals surface area contributed by atoms with Crippen molar-refractivity contribution in [3.63, 3.8) is 0 Å². The number of rotatable bonds is 2. The van der Waals surface area contributed by atoms with Gasteiger partial charge in [-0.25, -0.2) is 4.98 Å². The maximum Gasteiger partial charge on any atom is 0.493 e. The first-order chi connectivity index (χ1) is 7.70. The van der Waals surface area contributed by atoms with E-state index >= 15 is 0 Å². The lowest BCUT2D eigenvalue weighted by Gasteiger charge is -2.08. The highest BCUT2D eigenvalue weighted by molar-refractivity contribution is 6.60. The molecule has 0 saturated heterocycles. The van der Waals surface area contributed by atoms with E-state index in [-0.39, 0.29) is 5.46 Å². The Balaban J connectivity index is 2.61. The molecule has 2 aromatic rings. The Bertz CT molecular complexity index is 491. The molecular formula is C11H9BFNO2. The zero-order chi connectivity index (χ0) is 11.5. The molecule has 3 nitrogen and oxygen atoms in total. The lowest BCUT2D eigenvalue weighted by molar-refractivity contribution is 0.422. The van der Waals surface area contributed by atoms with Gasteiger partial charge in [-0.15, -0.1) is 0 Å². The maximum atomic E-state index is 13.4. The highest BCUT2D eigenvalue weighted by Crippen LogP contribution is 2.16. The summed E-state index contributed by atoms with van der Waals surface area (Å²) in [5.74, 6) is -0.864. The van der Waals surface area contributed by atoms with Gasteiger partial charge in [-0.1, -0.05) is 30.3 Å². The number of pyridine rings is 1. The Labute approximate surface area is 92.4 Å². The number of hydrogen-bond acceptors (Lipinski definition) is 3. The van der Waals surface area contributed by atoms with Crippen LogP contribution in [0.2, 0.25) is 0 Å². The van der Waals surface area contributed by atoms with Gasteiger partial charge in [0.15, 0.2) is 0 Å². The fourth-order valence-corrected chi connectivity index (χ4v) is 1.56. The van der Waals surface area contributed by atoms with E-state index in [9.17, 15) is 4.39 Å². The molecule has 0 aliphatic rings. The van der Waals surface area contributed by atoms with Crippen LogP contribution in [0.15, 0.2) is 42.6 Å². The smallest absolute Gasteiger partial charge is 0.423 e. The molecule has 1 aromatic heterocycles. The Morgan fingerprint density at radius 3 is 2.38 bits per heavy atom. The monoisotopic (exact) mass is 217 g/mol. The molecule has 0 amide bonds. The van der Waals surface area contributed by atoms with Gasteiger partial charge in [0.25, 0.3) is 0 Å². The molecule has 1 aromatic carbocycles. The lowest BCUT2D eigenvalue weighted by atomic mass is 9.76. The van der Waals surface area contributed by atoms with E-state index in [0.29, 0.717) is 11.1 Å². The average Bonchev–Trinajstić information content (AvgIpc) is 2.29. The predicted molar refractivity (Wildman–Crippen MR) is 59.5 cm³/mol. The average molecular weight is 217 g/mol. The van der Waals surface area contributed by atoms with Gasteiger partial charge in [-0.3, -0.25) is 0 Å². The summed E-state index contributed by atoms with van der Waals surface area (Å²) in [5, 5.41) is 18.2. The van der Waals surface area contributed by atoms with Crippen molar-refractivity contribution < 1.29 is 14.4 Å².